The minimum atomic E-state index is -1.03. The largest absolute Gasteiger partial charge is 0.446 e. The molecule has 3 atom stereocenters. The van der Waals surface area contributed by atoms with Crippen LogP contribution >= 0.6 is 0 Å². The topological polar surface area (TPSA) is 428 Å². The quantitative estimate of drug-likeness (QED) is 0.0256. The molecule has 472 valence electrons. The van der Waals surface area contributed by atoms with Crippen LogP contribution in [0.4, 0.5) is 5.69 Å². The van der Waals surface area contributed by atoms with Crippen LogP contribution < -0.4 is 38.1 Å². The molecule has 3 aliphatic heterocycles. The lowest BCUT2D eigenvalue weighted by molar-refractivity contribution is -0.136. The van der Waals surface area contributed by atoms with E-state index in [0.717, 1.165) is 4.90 Å². The maximum Gasteiger partial charge on any atom is 0.273 e. The molecule has 6 aromatic heterocycles. The molecule has 1 fully saturated rings. The van der Waals surface area contributed by atoms with Gasteiger partial charge in [0, 0.05) is 38.0 Å². The summed E-state index contributed by atoms with van der Waals surface area (Å²) in [6.07, 6.45) is 9.29. The van der Waals surface area contributed by atoms with Crippen LogP contribution in [0.3, 0.4) is 0 Å². The molecule has 0 spiro atoms. The lowest BCUT2D eigenvalue weighted by atomic mass is 10.0. The molecule has 1 unspecified atom stereocenters. The van der Waals surface area contributed by atoms with Gasteiger partial charge in [-0.25, -0.2) is 29.9 Å². The average Bonchev–Trinajstić information content (AvgIpc) is 1.82. The molecule has 31 nitrogen and oxygen atoms in total. The Kier molecular flexibility index (Phi) is 21.2. The molecule has 0 aliphatic carbocycles. The number of hydrogen-bond donors (Lipinski definition) is 7. The molecule has 7 amide bonds. The molecule has 0 saturated carbocycles. The van der Waals surface area contributed by atoms with E-state index in [4.69, 9.17) is 66.9 Å². The Labute approximate surface area is 507 Å². The highest BCUT2D eigenvalue weighted by Gasteiger charge is 2.45. The van der Waals surface area contributed by atoms with Crippen LogP contribution in [0.5, 0.6) is 0 Å². The van der Waals surface area contributed by atoms with Crippen molar-refractivity contribution in [3.8, 4) is 46.3 Å². The van der Waals surface area contributed by atoms with E-state index in [1.54, 1.807) is 19.1 Å². The van der Waals surface area contributed by atoms with E-state index < -0.39 is 53.6 Å². The number of nitrogens with zero attached hydrogens (tertiary/aromatic N) is 7. The Balaban J connectivity index is 0.674. The standard InChI is InChI=1S/C58H68N14O17/c1-32-46-56-71-47(43(89-56)9-6-17-62-44(73)14-19-80-21-23-82-25-26-83-24-22-81-20-18-61-33-10-11-34-35(27-33)58(79)72(57(34)78)42-12-13-45(74)69-50(42)77)55-66-39(29-87-55)49(76)63-36(7-2-4-15-59)51-67-41(30-85-51)53-68-40(31-86-53)52-65-38(28-84-52)48(75)64-37(8-3-5-16-60)54(70-46)88-32/h10-11,27-31,36-37,42,61H,2-9,12-26,59-60H2,1H3,(H,62,73)(H,63,76)(H,64,75)(H,69,74,77)/t36-,37-,42?/m0/s1. The number of nitrogens with one attached hydrogen (secondary N) is 5. The van der Waals surface area contributed by atoms with Gasteiger partial charge in [0.2, 0.25) is 53.1 Å². The number of hydrogen-bond acceptors (Lipinski definition) is 26. The van der Waals surface area contributed by atoms with E-state index in [2.05, 4.69) is 46.5 Å². The van der Waals surface area contributed by atoms with Crippen molar-refractivity contribution in [3.63, 3.8) is 0 Å². The van der Waals surface area contributed by atoms with E-state index in [9.17, 15) is 33.6 Å². The summed E-state index contributed by atoms with van der Waals surface area (Å²) in [6, 6.07) is 2.27. The van der Waals surface area contributed by atoms with Gasteiger partial charge in [0.25, 0.3) is 23.6 Å². The number of aromatic nitrogens is 6. The second-order valence-corrected chi connectivity index (χ2v) is 20.8. The first-order valence-electron chi connectivity index (χ1n) is 29.3. The van der Waals surface area contributed by atoms with Gasteiger partial charge in [0.15, 0.2) is 34.2 Å². The Morgan fingerprint density at radius 2 is 1.21 bits per heavy atom. The first-order chi connectivity index (χ1) is 43.3. The molecular formula is C58H68N14O17. The van der Waals surface area contributed by atoms with Gasteiger partial charge < -0.3 is 78.2 Å². The van der Waals surface area contributed by atoms with Crippen molar-refractivity contribution in [1.29, 1.82) is 0 Å². The number of carbonyl (C=O) groups excluding carboxylic acids is 7. The summed E-state index contributed by atoms with van der Waals surface area (Å²) >= 11 is 0. The smallest absolute Gasteiger partial charge is 0.273 e. The third-order valence-corrected chi connectivity index (χ3v) is 14.5. The zero-order valence-electron chi connectivity index (χ0n) is 48.8. The van der Waals surface area contributed by atoms with Gasteiger partial charge in [-0.05, 0) is 89.6 Å². The first kappa shape index (κ1) is 62.8. The number of benzene rings is 1. The second-order valence-electron chi connectivity index (χ2n) is 20.8. The molecule has 0 radical (unpaired) electrons. The minimum Gasteiger partial charge on any atom is -0.446 e. The highest BCUT2D eigenvalue weighted by molar-refractivity contribution is 6.23. The van der Waals surface area contributed by atoms with Crippen LogP contribution in [0.15, 0.2) is 69.8 Å². The fourth-order valence-corrected chi connectivity index (χ4v) is 9.88. The monoisotopic (exact) mass is 1230 g/mol. The third kappa shape index (κ3) is 15.7. The molecule has 7 aromatic rings. The summed E-state index contributed by atoms with van der Waals surface area (Å²) in [5.41, 5.74) is 13.3. The molecular weight excluding hydrogens is 1160 g/mol. The number of unbranched alkanes of at least 4 members (excludes halogenated alkanes) is 2. The zero-order valence-corrected chi connectivity index (χ0v) is 48.8. The van der Waals surface area contributed by atoms with Gasteiger partial charge in [0.1, 0.15) is 54.7 Å². The molecule has 9 N–H and O–H groups in total. The van der Waals surface area contributed by atoms with Crippen molar-refractivity contribution in [2.45, 2.75) is 95.7 Å². The molecule has 89 heavy (non-hydrogen) atoms. The average molecular weight is 1230 g/mol. The number of amides is 7. The van der Waals surface area contributed by atoms with Crippen molar-refractivity contribution < 1.29 is 79.0 Å². The van der Waals surface area contributed by atoms with Gasteiger partial charge in [0.05, 0.1) is 64.0 Å². The number of aryl methyl sites for hydroxylation is 2. The van der Waals surface area contributed by atoms with Crippen molar-refractivity contribution in [1.82, 2.24) is 56.1 Å². The fourth-order valence-electron chi connectivity index (χ4n) is 9.88. The molecule has 1 saturated heterocycles. The second kappa shape index (κ2) is 30.1. The predicted octanol–water partition coefficient (Wildman–Crippen LogP) is 4.12. The highest BCUT2D eigenvalue weighted by Crippen LogP contribution is 2.35. The number of fused-ring (bicyclic) bond motifs is 17. The number of imide groups is 2. The number of anilines is 1. The van der Waals surface area contributed by atoms with Gasteiger partial charge in [-0.2, -0.15) is 0 Å². The Morgan fingerprint density at radius 3 is 1.90 bits per heavy atom. The highest BCUT2D eigenvalue weighted by atomic mass is 16.6. The number of carbonyl (C=O) groups is 7. The summed E-state index contributed by atoms with van der Waals surface area (Å²) in [6.45, 7) is 5.58. The number of rotatable bonds is 29. The number of oxazole rings is 6. The van der Waals surface area contributed by atoms with Crippen LogP contribution in [0.25, 0.3) is 46.3 Å². The predicted molar refractivity (Wildman–Crippen MR) is 307 cm³/mol. The molecule has 10 rings (SSSR count). The first-order valence-corrected chi connectivity index (χ1v) is 29.3. The third-order valence-electron chi connectivity index (χ3n) is 14.5. The van der Waals surface area contributed by atoms with Gasteiger partial charge in [-0.15, -0.1) is 0 Å². The number of nitrogens with two attached hydrogens (primary N) is 2. The minimum absolute atomic E-state index is 0.00646. The Morgan fingerprint density at radius 1 is 0.618 bits per heavy atom. The molecule has 12 bridgehead atoms. The van der Waals surface area contributed by atoms with E-state index >= 15 is 0 Å². The van der Waals surface area contributed by atoms with Gasteiger partial charge in [-0.3, -0.25) is 43.8 Å². The summed E-state index contributed by atoms with van der Waals surface area (Å²) in [7, 11) is 0. The summed E-state index contributed by atoms with van der Waals surface area (Å²) in [4.78, 5) is 119. The maximum absolute atomic E-state index is 13.9. The molecule has 9 heterocycles. The van der Waals surface area contributed by atoms with E-state index in [-0.39, 0.29) is 132 Å². The fraction of sp³-hybridized carbons (Fsp3) is 0.466. The Hall–Kier alpha value is -9.27. The van der Waals surface area contributed by atoms with Crippen molar-refractivity contribution in [3.05, 3.63) is 89.1 Å². The van der Waals surface area contributed by atoms with Gasteiger partial charge in [-0.1, -0.05) is 0 Å². The Bertz CT molecular complexity index is 3620. The lowest BCUT2D eigenvalue weighted by Gasteiger charge is -2.27. The van der Waals surface area contributed by atoms with Crippen LogP contribution in [0.1, 0.15) is 141 Å². The van der Waals surface area contributed by atoms with Crippen LogP contribution in [0.2, 0.25) is 0 Å². The van der Waals surface area contributed by atoms with Crippen LogP contribution in [-0.4, -0.2) is 161 Å². The van der Waals surface area contributed by atoms with Gasteiger partial charge >= 0.3 is 0 Å². The SMILES string of the molecule is Cc1oc2nc1-c1nc(c(CCCNC(=O)CCOCCOCCOCCOCCNc3ccc4c(c3)C(=O)N(C3CCC(=O)NC3=O)C4=O)o1)-c1nc(co1)C(=O)N[C@@H](CCCCN)c1nc(co1)-c1nc(co1)-c1nc(co1)C(=O)N[C@H]2CCCCN. The molecule has 3 aliphatic rings. The van der Waals surface area contributed by atoms with Crippen molar-refractivity contribution in [2.75, 3.05) is 84.4 Å². The van der Waals surface area contributed by atoms with E-state index in [0.29, 0.717) is 121 Å². The van der Waals surface area contributed by atoms with Crippen LogP contribution in [-0.2, 0) is 39.8 Å². The van der Waals surface area contributed by atoms with Crippen molar-refractivity contribution >= 4 is 47.0 Å². The normalized spacial score (nSPS) is 16.7. The lowest BCUT2D eigenvalue weighted by Crippen LogP contribution is -2.54. The van der Waals surface area contributed by atoms with Crippen molar-refractivity contribution in [2.24, 2.45) is 11.5 Å². The molecule has 1 aromatic carbocycles. The number of piperidine rings is 1. The molecule has 31 heteroatoms. The van der Waals surface area contributed by atoms with E-state index in [1.165, 1.54) is 31.1 Å². The summed E-state index contributed by atoms with van der Waals surface area (Å²) < 4.78 is 58.1. The van der Waals surface area contributed by atoms with Crippen LogP contribution in [0, 0.1) is 6.92 Å². The number of ether oxygens (including phenoxy) is 4. The zero-order chi connectivity index (χ0) is 62.2. The summed E-state index contributed by atoms with van der Waals surface area (Å²) in [5.74, 6) is -2.57. The summed E-state index contributed by atoms with van der Waals surface area (Å²) in [5, 5.41) is 14.1. The maximum atomic E-state index is 13.9. The van der Waals surface area contributed by atoms with E-state index in [1.807, 2.05) is 0 Å².